The van der Waals surface area contributed by atoms with Gasteiger partial charge in [0.05, 0.1) is 6.54 Å². The first-order valence-corrected chi connectivity index (χ1v) is 9.62. The molecule has 1 atom stereocenters. The summed E-state index contributed by atoms with van der Waals surface area (Å²) in [5, 5.41) is 9.89. The van der Waals surface area contributed by atoms with E-state index in [1.54, 1.807) is 6.92 Å². The average molecular weight is 402 g/mol. The quantitative estimate of drug-likeness (QED) is 0.766. The predicted molar refractivity (Wildman–Crippen MR) is 107 cm³/mol. The van der Waals surface area contributed by atoms with Gasteiger partial charge in [-0.1, -0.05) is 23.7 Å². The molecule has 0 N–H and O–H groups in total. The number of hydrogen-bond donors (Lipinski definition) is 0. The monoisotopic (exact) mass is 401 g/mol. The van der Waals surface area contributed by atoms with Crippen molar-refractivity contribution in [2.75, 3.05) is 44.7 Å². The fraction of sp³-hybridized carbons (Fsp3) is 0.450. The van der Waals surface area contributed by atoms with Crippen LogP contribution < -0.4 is 4.90 Å². The summed E-state index contributed by atoms with van der Waals surface area (Å²) in [6, 6.07) is 9.87. The Kier molecular flexibility index (Phi) is 6.22. The molecule has 2 heterocycles. The molecule has 0 bridgehead atoms. The normalized spacial score (nSPS) is 15.6. The zero-order chi connectivity index (χ0) is 20.3. The van der Waals surface area contributed by atoms with E-state index in [-0.39, 0.29) is 11.9 Å². The van der Waals surface area contributed by atoms with Gasteiger partial charge >= 0.3 is 0 Å². The lowest BCUT2D eigenvalue weighted by molar-refractivity contribution is -0.132. The number of halogens is 1. The van der Waals surface area contributed by atoms with Crippen LogP contribution in [0.15, 0.2) is 28.7 Å². The molecule has 3 rings (SSSR count). The number of rotatable bonds is 5. The van der Waals surface area contributed by atoms with Crippen molar-refractivity contribution in [1.29, 1.82) is 5.26 Å². The highest BCUT2D eigenvalue weighted by Crippen LogP contribution is 2.23. The predicted octanol–water partition coefficient (Wildman–Crippen LogP) is 2.85. The van der Waals surface area contributed by atoms with Crippen molar-refractivity contribution in [1.82, 2.24) is 14.8 Å². The maximum Gasteiger partial charge on any atom is 0.236 e. The summed E-state index contributed by atoms with van der Waals surface area (Å²) in [4.78, 5) is 22.7. The topological polar surface area (TPSA) is 76.6 Å². The number of amides is 1. The van der Waals surface area contributed by atoms with Gasteiger partial charge in [0.15, 0.2) is 5.89 Å². The Labute approximate surface area is 170 Å². The van der Waals surface area contributed by atoms with E-state index in [1.165, 1.54) is 0 Å². The van der Waals surface area contributed by atoms with Crippen LogP contribution in [0, 0.1) is 18.3 Å². The SMILES string of the molecule is Cc1nc(C#N)c(N2CCN(C(=O)CN(C)[C@@H](C)c3ccc(Cl)cc3)CC2)o1. The van der Waals surface area contributed by atoms with E-state index in [0.717, 1.165) is 5.56 Å². The number of aromatic nitrogens is 1. The van der Waals surface area contributed by atoms with Crippen LogP contribution in [0.1, 0.15) is 30.1 Å². The summed E-state index contributed by atoms with van der Waals surface area (Å²) in [5.41, 5.74) is 1.42. The fourth-order valence-corrected chi connectivity index (χ4v) is 3.43. The molecule has 0 spiro atoms. The molecule has 28 heavy (non-hydrogen) atoms. The summed E-state index contributed by atoms with van der Waals surface area (Å²) < 4.78 is 5.57. The molecular formula is C20H24ClN5O2. The average Bonchev–Trinajstić information content (AvgIpc) is 3.09. The number of carbonyl (C=O) groups excluding carboxylic acids is 1. The Morgan fingerprint density at radius 2 is 1.96 bits per heavy atom. The molecule has 0 radical (unpaired) electrons. The fourth-order valence-electron chi connectivity index (χ4n) is 3.31. The van der Waals surface area contributed by atoms with E-state index >= 15 is 0 Å². The summed E-state index contributed by atoms with van der Waals surface area (Å²) >= 11 is 5.95. The van der Waals surface area contributed by atoms with Gasteiger partial charge in [-0.05, 0) is 31.7 Å². The van der Waals surface area contributed by atoms with Gasteiger partial charge in [-0.25, -0.2) is 4.98 Å². The number of oxazole rings is 1. The first-order valence-electron chi connectivity index (χ1n) is 9.25. The van der Waals surface area contributed by atoms with Crippen molar-refractivity contribution < 1.29 is 9.21 Å². The molecule has 1 amide bonds. The third-order valence-corrected chi connectivity index (χ3v) is 5.39. The Balaban J connectivity index is 1.55. The third kappa shape index (κ3) is 4.46. The molecule has 0 aliphatic carbocycles. The molecule has 7 nitrogen and oxygen atoms in total. The smallest absolute Gasteiger partial charge is 0.236 e. The van der Waals surface area contributed by atoms with Gasteiger partial charge in [-0.3, -0.25) is 9.69 Å². The van der Waals surface area contributed by atoms with E-state index < -0.39 is 0 Å². The van der Waals surface area contributed by atoms with Gasteiger partial charge in [0.25, 0.3) is 0 Å². The lowest BCUT2D eigenvalue weighted by atomic mass is 10.1. The second kappa shape index (κ2) is 8.63. The van der Waals surface area contributed by atoms with Crippen LogP contribution >= 0.6 is 11.6 Å². The minimum atomic E-state index is 0.0946. The van der Waals surface area contributed by atoms with Gasteiger partial charge in [0.2, 0.25) is 17.5 Å². The highest BCUT2D eigenvalue weighted by atomic mass is 35.5. The van der Waals surface area contributed by atoms with E-state index in [4.69, 9.17) is 16.0 Å². The second-order valence-corrected chi connectivity index (χ2v) is 7.45. The highest BCUT2D eigenvalue weighted by molar-refractivity contribution is 6.30. The molecule has 1 fully saturated rings. The van der Waals surface area contributed by atoms with Gasteiger partial charge in [0, 0.05) is 44.2 Å². The number of aryl methyl sites for hydroxylation is 1. The maximum absolute atomic E-state index is 12.7. The Morgan fingerprint density at radius 3 is 2.57 bits per heavy atom. The largest absolute Gasteiger partial charge is 0.424 e. The van der Waals surface area contributed by atoms with Crippen LogP contribution in [0.3, 0.4) is 0 Å². The minimum Gasteiger partial charge on any atom is -0.424 e. The van der Waals surface area contributed by atoms with Crippen molar-refractivity contribution in [2.24, 2.45) is 0 Å². The number of likely N-dealkylation sites (N-methyl/N-ethyl adjacent to an activating group) is 1. The molecule has 1 aromatic heterocycles. The van der Waals surface area contributed by atoms with E-state index in [1.807, 2.05) is 46.0 Å². The summed E-state index contributed by atoms with van der Waals surface area (Å²) in [6.45, 7) is 6.55. The molecule has 1 saturated heterocycles. The third-order valence-electron chi connectivity index (χ3n) is 5.14. The Bertz CT molecular complexity index is 866. The number of anilines is 1. The molecule has 1 aliphatic heterocycles. The van der Waals surface area contributed by atoms with Crippen LogP contribution in [-0.4, -0.2) is 60.5 Å². The van der Waals surface area contributed by atoms with Crippen LogP contribution in [0.25, 0.3) is 0 Å². The molecule has 148 valence electrons. The molecule has 0 saturated carbocycles. The lowest BCUT2D eigenvalue weighted by Crippen LogP contribution is -2.51. The molecule has 8 heteroatoms. The van der Waals surface area contributed by atoms with Gasteiger partial charge in [0.1, 0.15) is 6.07 Å². The standard InChI is InChI=1S/C20H24ClN5O2/c1-14(16-4-6-17(21)7-5-16)24(3)13-19(27)25-8-10-26(11-9-25)20-18(12-22)23-15(2)28-20/h4-7,14H,8-11,13H2,1-3H3/t14-/m0/s1. The maximum atomic E-state index is 12.7. The first-order chi connectivity index (χ1) is 13.4. The zero-order valence-electron chi connectivity index (χ0n) is 16.4. The van der Waals surface area contributed by atoms with Gasteiger partial charge < -0.3 is 14.2 Å². The van der Waals surface area contributed by atoms with E-state index in [2.05, 4.69) is 18.0 Å². The highest BCUT2D eigenvalue weighted by Gasteiger charge is 2.26. The van der Waals surface area contributed by atoms with E-state index in [9.17, 15) is 10.1 Å². The number of nitrogens with zero attached hydrogens (tertiary/aromatic N) is 5. The number of nitriles is 1. The van der Waals surface area contributed by atoms with Crippen LogP contribution in [0.5, 0.6) is 0 Å². The molecular weight excluding hydrogens is 378 g/mol. The van der Waals surface area contributed by atoms with Gasteiger partial charge in [-0.15, -0.1) is 0 Å². The zero-order valence-corrected chi connectivity index (χ0v) is 17.1. The van der Waals surface area contributed by atoms with Crippen molar-refractivity contribution in [3.63, 3.8) is 0 Å². The summed E-state index contributed by atoms with van der Waals surface area (Å²) in [7, 11) is 1.95. The number of hydrogen-bond acceptors (Lipinski definition) is 6. The number of benzene rings is 1. The lowest BCUT2D eigenvalue weighted by Gasteiger charge is -2.36. The van der Waals surface area contributed by atoms with Crippen molar-refractivity contribution in [3.05, 3.63) is 46.4 Å². The molecule has 1 aliphatic rings. The van der Waals surface area contributed by atoms with Crippen molar-refractivity contribution in [3.8, 4) is 6.07 Å². The minimum absolute atomic E-state index is 0.0946. The number of piperazine rings is 1. The summed E-state index contributed by atoms with van der Waals surface area (Å²) in [6.07, 6.45) is 0. The Hall–Kier alpha value is -2.56. The number of carbonyl (C=O) groups is 1. The molecule has 1 aromatic carbocycles. The van der Waals surface area contributed by atoms with Crippen LogP contribution in [-0.2, 0) is 4.79 Å². The van der Waals surface area contributed by atoms with Crippen molar-refractivity contribution >= 4 is 23.4 Å². The molecule has 0 unspecified atom stereocenters. The second-order valence-electron chi connectivity index (χ2n) is 7.01. The van der Waals surface area contributed by atoms with Crippen LogP contribution in [0.4, 0.5) is 5.88 Å². The molecule has 2 aromatic rings. The summed E-state index contributed by atoms with van der Waals surface area (Å²) in [5.74, 6) is 1.07. The van der Waals surface area contributed by atoms with Crippen molar-refractivity contribution in [2.45, 2.75) is 19.9 Å². The van der Waals surface area contributed by atoms with Gasteiger partial charge in [-0.2, -0.15) is 5.26 Å². The van der Waals surface area contributed by atoms with Crippen LogP contribution in [0.2, 0.25) is 5.02 Å². The Morgan fingerprint density at radius 1 is 1.32 bits per heavy atom. The van der Waals surface area contributed by atoms with E-state index in [0.29, 0.717) is 55.2 Å². The first kappa shape index (κ1) is 20.2.